The molecule has 1 atom stereocenters. The third-order valence-corrected chi connectivity index (χ3v) is 5.49. The number of halogens is 2. The molecule has 10 heteroatoms. The highest BCUT2D eigenvalue weighted by atomic mass is 127. The van der Waals surface area contributed by atoms with Crippen molar-refractivity contribution in [2.24, 2.45) is 4.99 Å². The molecule has 1 heterocycles. The Morgan fingerprint density at radius 1 is 1.29 bits per heavy atom. The smallest absolute Gasteiger partial charge is 0.350 e. The molecular weight excluding hydrogens is 534 g/mol. The predicted octanol–water partition coefficient (Wildman–Crippen LogP) is 4.47. The Kier molecular flexibility index (Phi) is 12.4. The van der Waals surface area contributed by atoms with Crippen molar-refractivity contribution in [1.82, 2.24) is 15.6 Å². The monoisotopic (exact) mass is 564 g/mol. The fourth-order valence-electron chi connectivity index (χ4n) is 2.60. The van der Waals surface area contributed by atoms with E-state index < -0.39 is 0 Å². The molecule has 7 nitrogen and oxygen atoms in total. The van der Waals surface area contributed by atoms with Gasteiger partial charge < -0.3 is 20.1 Å². The summed E-state index contributed by atoms with van der Waals surface area (Å²) >= 11 is 1.33. The van der Waals surface area contributed by atoms with Crippen LogP contribution in [0.2, 0.25) is 0 Å². The minimum atomic E-state index is -0.337. The Balaban J connectivity index is 0.00000480. The second-order valence-corrected chi connectivity index (χ2v) is 7.59. The van der Waals surface area contributed by atoms with Crippen molar-refractivity contribution in [2.45, 2.75) is 39.7 Å². The van der Waals surface area contributed by atoms with Crippen LogP contribution >= 0.6 is 35.3 Å². The summed E-state index contributed by atoms with van der Waals surface area (Å²) in [5.74, 6) is 0.713. The van der Waals surface area contributed by atoms with Crippen molar-refractivity contribution in [3.63, 3.8) is 0 Å². The zero-order chi connectivity index (χ0) is 21.9. The molecule has 0 radical (unpaired) electrons. The van der Waals surface area contributed by atoms with E-state index in [1.165, 1.54) is 23.5 Å². The van der Waals surface area contributed by atoms with Gasteiger partial charge in [-0.3, -0.25) is 4.99 Å². The highest BCUT2D eigenvalue weighted by molar-refractivity contribution is 14.0. The van der Waals surface area contributed by atoms with E-state index in [0.29, 0.717) is 35.5 Å². The molecule has 1 aromatic carbocycles. The summed E-state index contributed by atoms with van der Waals surface area (Å²) in [5.41, 5.74) is 0.672. The summed E-state index contributed by atoms with van der Waals surface area (Å²) in [7, 11) is 1.71. The second kappa shape index (κ2) is 14.2. The van der Waals surface area contributed by atoms with Crippen LogP contribution in [-0.4, -0.2) is 43.7 Å². The first-order valence-corrected chi connectivity index (χ1v) is 10.8. The molecule has 0 aliphatic heterocycles. The molecule has 0 saturated heterocycles. The highest BCUT2D eigenvalue weighted by Gasteiger charge is 2.20. The molecule has 2 aromatic rings. The Bertz CT molecular complexity index is 846. The zero-order valence-corrected chi connectivity index (χ0v) is 21.4. The van der Waals surface area contributed by atoms with Crippen LogP contribution in [0, 0.1) is 12.7 Å². The van der Waals surface area contributed by atoms with Gasteiger partial charge in [0.05, 0.1) is 24.9 Å². The summed E-state index contributed by atoms with van der Waals surface area (Å²) in [5, 5.41) is 7.34. The first kappa shape index (κ1) is 27.1. The van der Waals surface area contributed by atoms with Gasteiger partial charge in [0.1, 0.15) is 21.5 Å². The number of carbonyl (C=O) groups is 1. The minimum Gasteiger partial charge on any atom is -0.494 e. The number of guanidine groups is 1. The summed E-state index contributed by atoms with van der Waals surface area (Å²) in [6.07, 6.45) is 1.74. The number of nitrogens with zero attached hydrogens (tertiary/aromatic N) is 2. The number of benzene rings is 1. The number of hydrogen-bond acceptors (Lipinski definition) is 6. The first-order valence-electron chi connectivity index (χ1n) is 9.94. The van der Waals surface area contributed by atoms with Crippen molar-refractivity contribution in [2.75, 3.05) is 26.8 Å². The van der Waals surface area contributed by atoms with E-state index in [4.69, 9.17) is 9.47 Å². The number of esters is 1. The second-order valence-electron chi connectivity index (χ2n) is 6.56. The van der Waals surface area contributed by atoms with Crippen LogP contribution in [-0.2, 0) is 4.74 Å². The average molecular weight is 564 g/mol. The third kappa shape index (κ3) is 8.98. The predicted molar refractivity (Wildman–Crippen MR) is 132 cm³/mol. The Morgan fingerprint density at radius 2 is 2.00 bits per heavy atom. The Morgan fingerprint density at radius 3 is 2.65 bits per heavy atom. The van der Waals surface area contributed by atoms with Gasteiger partial charge in [0.15, 0.2) is 5.96 Å². The lowest BCUT2D eigenvalue weighted by atomic mass is 10.3. The molecule has 0 saturated carbocycles. The molecule has 0 aliphatic rings. The molecule has 2 rings (SSSR count). The van der Waals surface area contributed by atoms with E-state index in [1.807, 2.05) is 6.92 Å². The number of aliphatic imine (C=N–C) groups is 1. The van der Waals surface area contributed by atoms with E-state index in [0.717, 1.165) is 24.4 Å². The van der Waals surface area contributed by atoms with Crippen LogP contribution in [0.15, 0.2) is 29.3 Å². The standard InChI is InChI=1S/C21H29FN4O3S.HI/c1-5-28-20(27)18-14(2)25-19(30-18)15(3)26-21(23-4)24-12-6-7-13-29-17-10-8-16(22)9-11-17;/h8-11,15H,5-7,12-13H2,1-4H3,(H2,23,24,26);1H. The van der Waals surface area contributed by atoms with Gasteiger partial charge in [0, 0.05) is 13.6 Å². The molecule has 0 bridgehead atoms. The maximum atomic E-state index is 12.9. The Labute approximate surface area is 203 Å². The van der Waals surface area contributed by atoms with Gasteiger partial charge in [-0.05, 0) is 57.9 Å². The van der Waals surface area contributed by atoms with Crippen LogP contribution in [0.4, 0.5) is 4.39 Å². The summed E-state index contributed by atoms with van der Waals surface area (Å²) in [4.78, 5) is 21.2. The van der Waals surface area contributed by atoms with E-state index in [9.17, 15) is 9.18 Å². The van der Waals surface area contributed by atoms with Crippen LogP contribution in [0.3, 0.4) is 0 Å². The minimum absolute atomic E-state index is 0. The fraction of sp³-hybridized carbons (Fsp3) is 0.476. The third-order valence-electron chi connectivity index (χ3n) is 4.17. The number of rotatable bonds is 10. The SMILES string of the molecule is CCOC(=O)c1sc(C(C)NC(=NC)NCCCCOc2ccc(F)cc2)nc1C.I. The first-order chi connectivity index (χ1) is 14.4. The zero-order valence-electron chi connectivity index (χ0n) is 18.2. The number of aromatic nitrogens is 1. The highest BCUT2D eigenvalue weighted by Crippen LogP contribution is 2.24. The number of unbranched alkanes of at least 4 members (excludes halogenated alkanes) is 1. The van der Waals surface area contributed by atoms with Crippen LogP contribution < -0.4 is 15.4 Å². The van der Waals surface area contributed by atoms with Gasteiger partial charge in [0.2, 0.25) is 0 Å². The molecule has 0 spiro atoms. The normalized spacial score (nSPS) is 12.0. The molecule has 0 aliphatic carbocycles. The lowest BCUT2D eigenvalue weighted by Gasteiger charge is -2.16. The van der Waals surface area contributed by atoms with Crippen molar-refractivity contribution >= 4 is 47.2 Å². The van der Waals surface area contributed by atoms with Crippen molar-refractivity contribution in [1.29, 1.82) is 0 Å². The Hall–Kier alpha value is -1.95. The number of carbonyl (C=O) groups excluding carboxylic acids is 1. The van der Waals surface area contributed by atoms with E-state index >= 15 is 0 Å². The number of thiazole rings is 1. The number of aryl methyl sites for hydroxylation is 1. The van der Waals surface area contributed by atoms with Crippen molar-refractivity contribution in [3.8, 4) is 5.75 Å². The summed E-state index contributed by atoms with van der Waals surface area (Å²) in [6.45, 7) is 7.18. The maximum absolute atomic E-state index is 12.9. The molecule has 0 fully saturated rings. The fourth-order valence-corrected chi connectivity index (χ4v) is 3.57. The van der Waals surface area contributed by atoms with Crippen LogP contribution in [0.5, 0.6) is 5.75 Å². The van der Waals surface area contributed by atoms with Gasteiger partial charge in [-0.1, -0.05) is 0 Å². The molecule has 1 aromatic heterocycles. The van der Waals surface area contributed by atoms with Crippen LogP contribution in [0.1, 0.15) is 53.1 Å². The van der Waals surface area contributed by atoms with E-state index in [1.54, 1.807) is 33.0 Å². The molecule has 0 amide bonds. The molecular formula is C21H30FIN4O3S. The number of ether oxygens (including phenoxy) is 2. The molecule has 1 unspecified atom stereocenters. The molecule has 2 N–H and O–H groups in total. The van der Waals surface area contributed by atoms with Gasteiger partial charge in [0.25, 0.3) is 0 Å². The summed E-state index contributed by atoms with van der Waals surface area (Å²) < 4.78 is 23.5. The lowest BCUT2D eigenvalue weighted by molar-refractivity contribution is 0.0531. The average Bonchev–Trinajstić information content (AvgIpc) is 3.13. The number of hydrogen-bond donors (Lipinski definition) is 2. The van der Waals surface area contributed by atoms with Crippen molar-refractivity contribution in [3.05, 3.63) is 45.7 Å². The van der Waals surface area contributed by atoms with Crippen LogP contribution in [0.25, 0.3) is 0 Å². The topological polar surface area (TPSA) is 84.8 Å². The lowest BCUT2D eigenvalue weighted by Crippen LogP contribution is -2.39. The van der Waals surface area contributed by atoms with Gasteiger partial charge in [-0.25, -0.2) is 14.2 Å². The van der Waals surface area contributed by atoms with E-state index in [2.05, 4.69) is 20.6 Å². The molecule has 172 valence electrons. The molecule has 31 heavy (non-hydrogen) atoms. The largest absolute Gasteiger partial charge is 0.494 e. The van der Waals surface area contributed by atoms with Crippen molar-refractivity contribution < 1.29 is 18.7 Å². The van der Waals surface area contributed by atoms with E-state index in [-0.39, 0.29) is 41.8 Å². The number of nitrogens with one attached hydrogen (secondary N) is 2. The van der Waals surface area contributed by atoms with Gasteiger partial charge in [-0.2, -0.15) is 0 Å². The maximum Gasteiger partial charge on any atom is 0.350 e. The van der Waals surface area contributed by atoms with Gasteiger partial charge >= 0.3 is 5.97 Å². The quantitative estimate of drug-likeness (QED) is 0.146. The summed E-state index contributed by atoms with van der Waals surface area (Å²) in [6, 6.07) is 5.90. The van der Waals surface area contributed by atoms with Gasteiger partial charge in [-0.15, -0.1) is 35.3 Å².